The number of ether oxygens (including phenoxy) is 7. The molecule has 0 unspecified atom stereocenters. The van der Waals surface area contributed by atoms with Gasteiger partial charge in [-0.3, -0.25) is 14.4 Å². The van der Waals surface area contributed by atoms with E-state index in [2.05, 4.69) is 0 Å². The van der Waals surface area contributed by atoms with Crippen LogP contribution in [0.25, 0.3) is 0 Å². The summed E-state index contributed by atoms with van der Waals surface area (Å²) in [4.78, 5) is 83.1. The van der Waals surface area contributed by atoms with E-state index in [4.69, 9.17) is 33.2 Å². The van der Waals surface area contributed by atoms with Crippen LogP contribution >= 0.6 is 11.8 Å². The van der Waals surface area contributed by atoms with Crippen molar-refractivity contribution in [3.8, 4) is 0 Å². The fraction of sp³-hybridized carbons (Fsp3) is 0.588. The van der Waals surface area contributed by atoms with Gasteiger partial charge < -0.3 is 33.2 Å². The maximum Gasteiger partial charge on any atom is 0.510 e. The third-order valence-electron chi connectivity index (χ3n) is 10.9. The highest BCUT2D eigenvalue weighted by molar-refractivity contribution is 8.13. The van der Waals surface area contributed by atoms with Crippen LogP contribution in [0.1, 0.15) is 58.3 Å². The summed E-state index contributed by atoms with van der Waals surface area (Å²) >= 11 is 0.831. The van der Waals surface area contributed by atoms with Crippen molar-refractivity contribution in [2.75, 3.05) is 19.5 Å². The first-order chi connectivity index (χ1) is 22.6. The minimum absolute atomic E-state index is 0.0334. The summed E-state index contributed by atoms with van der Waals surface area (Å²) in [5, 5.41) is -0.771. The molecule has 0 aromatic heterocycles. The molecule has 14 heteroatoms. The first-order valence-electron chi connectivity index (χ1n) is 15.7. The van der Waals surface area contributed by atoms with E-state index in [9.17, 15) is 24.0 Å². The normalized spacial score (nSPS) is 37.7. The Morgan fingerprint density at radius 1 is 1.04 bits per heavy atom. The number of methoxy groups -OCH3 is 1. The van der Waals surface area contributed by atoms with Crippen LogP contribution in [0.2, 0.25) is 0 Å². The lowest BCUT2D eigenvalue weighted by molar-refractivity contribution is -0.345. The van der Waals surface area contributed by atoms with Crippen LogP contribution in [0.4, 0.5) is 9.59 Å². The second-order valence-electron chi connectivity index (χ2n) is 13.5. The molecule has 0 amide bonds. The molecule has 1 aromatic rings. The van der Waals surface area contributed by atoms with E-state index < -0.39 is 93.4 Å². The number of esters is 2. The predicted molar refractivity (Wildman–Crippen MR) is 166 cm³/mol. The van der Waals surface area contributed by atoms with Gasteiger partial charge in [0.1, 0.15) is 6.10 Å². The Morgan fingerprint density at radius 2 is 1.73 bits per heavy atom. The third kappa shape index (κ3) is 4.51. The summed E-state index contributed by atoms with van der Waals surface area (Å²) in [5.74, 6) is -4.01. The van der Waals surface area contributed by atoms with Gasteiger partial charge in [0.2, 0.25) is 17.5 Å². The maximum atomic E-state index is 15.4. The van der Waals surface area contributed by atoms with E-state index in [1.54, 1.807) is 45.9 Å². The number of fused-ring (bicyclic) bond motifs is 4. The number of ketones is 2. The van der Waals surface area contributed by atoms with Crippen LogP contribution in [0, 0.1) is 16.7 Å². The van der Waals surface area contributed by atoms with Gasteiger partial charge >= 0.3 is 23.4 Å². The Bertz CT molecular complexity index is 1620. The molecule has 6 rings (SSSR count). The largest absolute Gasteiger partial charge is 0.510 e. The number of hydrogen-bond donors (Lipinski definition) is 0. The second-order valence-corrected chi connectivity index (χ2v) is 14.7. The molecule has 258 valence electrons. The molecule has 0 radical (unpaired) electrons. The van der Waals surface area contributed by atoms with E-state index >= 15 is 4.79 Å². The minimum Gasteiger partial charge on any atom is -0.454 e. The maximum absolute atomic E-state index is 15.4. The van der Waals surface area contributed by atoms with Gasteiger partial charge in [-0.15, -0.1) is 0 Å². The lowest BCUT2D eigenvalue weighted by Crippen LogP contribution is -2.83. The van der Waals surface area contributed by atoms with Gasteiger partial charge in [-0.05, 0) is 43.3 Å². The zero-order valence-electron chi connectivity index (χ0n) is 27.7. The van der Waals surface area contributed by atoms with Crippen LogP contribution in [0.15, 0.2) is 41.5 Å². The van der Waals surface area contributed by atoms with Crippen molar-refractivity contribution in [1.29, 1.82) is 0 Å². The summed E-state index contributed by atoms with van der Waals surface area (Å²) in [6.45, 7) is 8.99. The second kappa shape index (κ2) is 11.7. The Hall–Kier alpha value is -3.75. The number of carbonyl (C=O) groups is 6. The Labute approximate surface area is 281 Å². The molecule has 3 aliphatic carbocycles. The molecule has 48 heavy (non-hydrogen) atoms. The first kappa shape index (κ1) is 34.1. The molecule has 2 saturated heterocycles. The topological polar surface area (TPSA) is 167 Å². The standard InChI is InChI=1S/C34H38O13S/c1-8-48-30(40)43-23-21-16(2)22(36)26-34(31(21,4)5,47-29(39)45-26)27(44-28(38)18-12-10-9-11-13-18)24-32(6,25(23)37)19(41-7)14-20-33(24,15-42-20)46-17(3)35/h9-13,19-20,23-24,26-27H,8,14-15H2,1-7H3/t19-,20+,23+,24-,26-,27-,32+,33-,34+/m0/s1. The number of thioether (sulfide) groups is 1. The van der Waals surface area contributed by atoms with Gasteiger partial charge in [-0.1, -0.05) is 39.0 Å². The summed E-state index contributed by atoms with van der Waals surface area (Å²) in [5.41, 5.74) is -6.91. The van der Waals surface area contributed by atoms with Crippen molar-refractivity contribution >= 4 is 46.7 Å². The summed E-state index contributed by atoms with van der Waals surface area (Å²) in [6.07, 6.45) is -7.97. The van der Waals surface area contributed by atoms with Crippen molar-refractivity contribution in [2.24, 2.45) is 16.7 Å². The number of hydrogen-bond acceptors (Lipinski definition) is 14. The Balaban J connectivity index is 1.72. The average molecular weight is 687 g/mol. The van der Waals surface area contributed by atoms with Crippen LogP contribution < -0.4 is 0 Å². The molecule has 2 heterocycles. The fourth-order valence-corrected chi connectivity index (χ4v) is 9.25. The minimum atomic E-state index is -2.15. The summed E-state index contributed by atoms with van der Waals surface area (Å²) < 4.78 is 42.1. The van der Waals surface area contributed by atoms with Crippen molar-refractivity contribution in [2.45, 2.75) is 89.7 Å². The third-order valence-corrected chi connectivity index (χ3v) is 11.6. The Morgan fingerprint density at radius 3 is 2.31 bits per heavy atom. The number of Topliss-reactive ketones (excluding diaryl/α,β-unsaturated/α-hetero) is 2. The quantitative estimate of drug-likeness (QED) is 0.311. The smallest absolute Gasteiger partial charge is 0.454 e. The Kier molecular flexibility index (Phi) is 8.31. The van der Waals surface area contributed by atoms with E-state index in [1.165, 1.54) is 33.1 Å². The van der Waals surface area contributed by atoms with Crippen LogP contribution in [0.3, 0.4) is 0 Å². The van der Waals surface area contributed by atoms with E-state index in [1.807, 2.05) is 0 Å². The molecule has 9 atom stereocenters. The number of rotatable bonds is 6. The van der Waals surface area contributed by atoms with Crippen molar-refractivity contribution in [1.82, 2.24) is 0 Å². The van der Waals surface area contributed by atoms with E-state index in [-0.39, 0.29) is 29.7 Å². The van der Waals surface area contributed by atoms with Crippen molar-refractivity contribution < 1.29 is 61.9 Å². The molecular weight excluding hydrogens is 648 g/mol. The van der Waals surface area contributed by atoms with Gasteiger partial charge in [0.25, 0.3) is 0 Å². The number of benzene rings is 1. The van der Waals surface area contributed by atoms with Gasteiger partial charge in [0, 0.05) is 37.2 Å². The molecule has 1 aromatic carbocycles. The lowest BCUT2D eigenvalue weighted by Gasteiger charge is -2.67. The fourth-order valence-electron chi connectivity index (χ4n) is 8.85. The van der Waals surface area contributed by atoms with Gasteiger partial charge in [-0.25, -0.2) is 14.4 Å². The van der Waals surface area contributed by atoms with Crippen molar-refractivity contribution in [3.63, 3.8) is 0 Å². The highest BCUT2D eigenvalue weighted by Gasteiger charge is 2.83. The van der Waals surface area contributed by atoms with Crippen LogP contribution in [-0.2, 0) is 47.5 Å². The highest BCUT2D eigenvalue weighted by atomic mass is 32.2. The summed E-state index contributed by atoms with van der Waals surface area (Å²) in [7, 11) is 1.40. The van der Waals surface area contributed by atoms with E-state index in [0.717, 1.165) is 11.8 Å². The first-order valence-corrected chi connectivity index (χ1v) is 16.7. The predicted octanol–water partition coefficient (Wildman–Crippen LogP) is 3.99. The molecular formula is C34H38O13S. The van der Waals surface area contributed by atoms with Gasteiger partial charge in [-0.2, -0.15) is 0 Å². The summed E-state index contributed by atoms with van der Waals surface area (Å²) in [6, 6.07) is 8.01. The van der Waals surface area contributed by atoms with Gasteiger partial charge in [0.15, 0.2) is 23.6 Å². The molecule has 13 nitrogen and oxygen atoms in total. The zero-order chi connectivity index (χ0) is 35.0. The van der Waals surface area contributed by atoms with Crippen molar-refractivity contribution in [3.05, 3.63) is 47.0 Å². The molecule has 2 saturated carbocycles. The molecule has 1 spiro atoms. The monoisotopic (exact) mass is 686 g/mol. The highest BCUT2D eigenvalue weighted by Crippen LogP contribution is 2.66. The molecule has 0 N–H and O–H groups in total. The van der Waals surface area contributed by atoms with Crippen LogP contribution in [0.5, 0.6) is 0 Å². The molecule has 5 aliphatic rings. The zero-order valence-corrected chi connectivity index (χ0v) is 28.5. The lowest BCUT2D eigenvalue weighted by atomic mass is 9.44. The number of carbonyl (C=O) groups excluding carboxylic acids is 6. The van der Waals surface area contributed by atoms with Gasteiger partial charge in [0.05, 0.1) is 29.6 Å². The SMILES string of the molecule is CCSC(=O)O[C@H]1C(=O)[C@]2(C)[C@@H](OC)C[C@H]3OC[C@@]3(OC(C)=O)[C@H]2[C@H](OC(=O)c2ccccc2)[C@]23OC(=O)O[C@H]2C(=O)C(C)=C1C3(C)C. The molecule has 4 fully saturated rings. The van der Waals surface area contributed by atoms with E-state index in [0.29, 0.717) is 5.75 Å². The average Bonchev–Trinajstić information content (AvgIpc) is 3.40. The molecule has 2 aliphatic heterocycles. The van der Waals surface area contributed by atoms with Crippen LogP contribution in [-0.4, -0.2) is 96.2 Å². The molecule has 2 bridgehead atoms.